The lowest BCUT2D eigenvalue weighted by Gasteiger charge is -2.36. The Hall–Kier alpha value is -2.45. The van der Waals surface area contributed by atoms with Gasteiger partial charge in [-0.25, -0.2) is 0 Å². The number of hydrogen-bond donors (Lipinski definition) is 1. The van der Waals surface area contributed by atoms with Crippen LogP contribution in [0.3, 0.4) is 0 Å². The fourth-order valence-electron chi connectivity index (χ4n) is 4.34. The van der Waals surface area contributed by atoms with Gasteiger partial charge in [0.15, 0.2) is 5.02 Å². The summed E-state index contributed by atoms with van der Waals surface area (Å²) in [5.41, 5.74) is 1.49. The predicted octanol–water partition coefficient (Wildman–Crippen LogP) is 2.85. The topological polar surface area (TPSA) is 93.3 Å². The van der Waals surface area contributed by atoms with E-state index in [9.17, 15) is 14.9 Å². The van der Waals surface area contributed by atoms with E-state index in [-0.39, 0.29) is 22.8 Å². The number of benzene rings is 1. The van der Waals surface area contributed by atoms with E-state index >= 15 is 0 Å². The van der Waals surface area contributed by atoms with Crippen molar-refractivity contribution in [1.29, 1.82) is 0 Å². The van der Waals surface area contributed by atoms with E-state index in [1.807, 2.05) is 12.1 Å². The first-order valence-electron chi connectivity index (χ1n) is 9.40. The van der Waals surface area contributed by atoms with E-state index < -0.39 is 4.92 Å². The van der Waals surface area contributed by atoms with Crippen molar-refractivity contribution < 1.29 is 9.72 Å². The Morgan fingerprint density at radius 2 is 1.93 bits per heavy atom. The molecule has 1 aromatic heterocycles. The SMILES string of the molecule is CN1[C@@H]2CC[C@H]1CC(NC(=O)c1ccc(Cn3cc(Cl)c([N+](=O)[O-])n3)cc1)C2. The molecule has 9 heteroatoms. The summed E-state index contributed by atoms with van der Waals surface area (Å²) < 4.78 is 1.42. The Morgan fingerprint density at radius 1 is 1.29 bits per heavy atom. The van der Waals surface area contributed by atoms with Gasteiger partial charge in [-0.05, 0) is 55.4 Å². The summed E-state index contributed by atoms with van der Waals surface area (Å²) in [6.45, 7) is 0.341. The van der Waals surface area contributed by atoms with E-state index in [1.165, 1.54) is 23.7 Å². The second kappa shape index (κ2) is 7.52. The lowest BCUT2D eigenvalue weighted by atomic mass is 9.97. The Bertz CT molecular complexity index is 883. The molecule has 148 valence electrons. The second-order valence-corrected chi connectivity index (χ2v) is 8.05. The highest BCUT2D eigenvalue weighted by Gasteiger charge is 2.38. The highest BCUT2D eigenvalue weighted by Crippen LogP contribution is 2.34. The van der Waals surface area contributed by atoms with Crippen molar-refractivity contribution in [2.24, 2.45) is 0 Å². The van der Waals surface area contributed by atoms with Crippen LogP contribution in [0.2, 0.25) is 5.02 Å². The normalized spacial score (nSPS) is 24.3. The van der Waals surface area contributed by atoms with Gasteiger partial charge >= 0.3 is 5.82 Å². The number of nitrogens with zero attached hydrogens (tertiary/aromatic N) is 4. The third kappa shape index (κ3) is 3.74. The summed E-state index contributed by atoms with van der Waals surface area (Å²) >= 11 is 5.82. The number of rotatable bonds is 5. The van der Waals surface area contributed by atoms with Gasteiger partial charge in [-0.2, -0.15) is 4.68 Å². The number of fused-ring (bicyclic) bond motifs is 2. The van der Waals surface area contributed by atoms with E-state index in [0.29, 0.717) is 24.2 Å². The van der Waals surface area contributed by atoms with Crippen molar-refractivity contribution in [2.75, 3.05) is 7.05 Å². The first-order chi connectivity index (χ1) is 13.4. The fourth-order valence-corrected chi connectivity index (χ4v) is 4.56. The molecule has 2 aliphatic heterocycles. The number of piperidine rings is 1. The number of nitro groups is 1. The van der Waals surface area contributed by atoms with Crippen molar-refractivity contribution in [2.45, 2.75) is 50.4 Å². The molecule has 1 aromatic carbocycles. The number of hydrogen-bond acceptors (Lipinski definition) is 5. The summed E-state index contributed by atoms with van der Waals surface area (Å²) in [7, 11) is 2.18. The molecule has 28 heavy (non-hydrogen) atoms. The number of amides is 1. The van der Waals surface area contributed by atoms with Crippen LogP contribution in [0, 0.1) is 10.1 Å². The van der Waals surface area contributed by atoms with Gasteiger partial charge in [0.2, 0.25) is 0 Å². The number of aromatic nitrogens is 2. The van der Waals surface area contributed by atoms with Crippen molar-refractivity contribution in [3.63, 3.8) is 0 Å². The zero-order chi connectivity index (χ0) is 19.8. The van der Waals surface area contributed by atoms with Crippen LogP contribution in [-0.2, 0) is 6.54 Å². The number of nitrogens with one attached hydrogen (secondary N) is 1. The maximum absolute atomic E-state index is 12.6. The maximum Gasteiger partial charge on any atom is 0.408 e. The quantitative estimate of drug-likeness (QED) is 0.612. The average Bonchev–Trinajstić information content (AvgIpc) is 3.10. The average molecular weight is 404 g/mol. The Labute approximate surface area is 167 Å². The highest BCUT2D eigenvalue weighted by atomic mass is 35.5. The van der Waals surface area contributed by atoms with Crippen LogP contribution in [0.25, 0.3) is 0 Å². The smallest absolute Gasteiger partial charge is 0.358 e. The highest BCUT2D eigenvalue weighted by molar-refractivity contribution is 6.32. The third-order valence-electron chi connectivity index (χ3n) is 5.87. The number of halogens is 1. The molecule has 0 saturated carbocycles. The van der Waals surface area contributed by atoms with Crippen LogP contribution in [0.5, 0.6) is 0 Å². The van der Waals surface area contributed by atoms with Gasteiger partial charge in [0.05, 0.1) is 17.8 Å². The van der Waals surface area contributed by atoms with Crippen LogP contribution in [0.1, 0.15) is 41.6 Å². The van der Waals surface area contributed by atoms with Crippen molar-refractivity contribution in [1.82, 2.24) is 20.0 Å². The second-order valence-electron chi connectivity index (χ2n) is 7.64. The van der Waals surface area contributed by atoms with E-state index in [2.05, 4.69) is 22.4 Å². The molecule has 4 rings (SSSR count). The van der Waals surface area contributed by atoms with E-state index in [0.717, 1.165) is 18.4 Å². The molecule has 1 amide bonds. The van der Waals surface area contributed by atoms with Gasteiger partial charge in [-0.1, -0.05) is 23.7 Å². The van der Waals surface area contributed by atoms with Crippen LogP contribution in [-0.4, -0.2) is 50.7 Å². The lowest BCUT2D eigenvalue weighted by molar-refractivity contribution is -0.389. The molecule has 0 spiro atoms. The molecule has 0 aliphatic carbocycles. The van der Waals surface area contributed by atoms with Crippen molar-refractivity contribution in [3.05, 3.63) is 56.7 Å². The van der Waals surface area contributed by atoms with Crippen molar-refractivity contribution >= 4 is 23.3 Å². The Morgan fingerprint density at radius 3 is 2.50 bits per heavy atom. The number of carbonyl (C=O) groups is 1. The third-order valence-corrected chi connectivity index (χ3v) is 6.13. The minimum absolute atomic E-state index is 0.00749. The first-order valence-corrected chi connectivity index (χ1v) is 9.77. The molecule has 0 radical (unpaired) electrons. The molecule has 8 nitrogen and oxygen atoms in total. The zero-order valence-corrected chi connectivity index (χ0v) is 16.3. The molecular weight excluding hydrogens is 382 g/mol. The lowest BCUT2D eigenvalue weighted by Crippen LogP contribution is -2.48. The molecule has 3 atom stereocenters. The zero-order valence-electron chi connectivity index (χ0n) is 15.5. The van der Waals surface area contributed by atoms with Crippen molar-refractivity contribution in [3.8, 4) is 0 Å². The summed E-state index contributed by atoms with van der Waals surface area (Å²) in [5, 5.41) is 17.9. The molecule has 3 heterocycles. The molecule has 1 N–H and O–H groups in total. The van der Waals surface area contributed by atoms with E-state index in [1.54, 1.807) is 12.1 Å². The minimum atomic E-state index is -0.610. The minimum Gasteiger partial charge on any atom is -0.358 e. The summed E-state index contributed by atoms with van der Waals surface area (Å²) in [5.74, 6) is -0.414. The summed E-state index contributed by atoms with van der Waals surface area (Å²) in [6, 6.07) is 8.59. The molecule has 2 saturated heterocycles. The molecule has 2 bridgehead atoms. The molecule has 1 unspecified atom stereocenters. The summed E-state index contributed by atoms with van der Waals surface area (Å²) in [4.78, 5) is 25.3. The van der Waals surface area contributed by atoms with Gasteiger partial charge in [0, 0.05) is 23.7 Å². The van der Waals surface area contributed by atoms with E-state index in [4.69, 9.17) is 11.6 Å². The van der Waals surface area contributed by atoms with Crippen LogP contribution < -0.4 is 5.32 Å². The molecule has 2 fully saturated rings. The van der Waals surface area contributed by atoms with Gasteiger partial charge in [-0.3, -0.25) is 4.79 Å². The monoisotopic (exact) mass is 403 g/mol. The summed E-state index contributed by atoms with van der Waals surface area (Å²) in [6.07, 6.45) is 5.88. The van der Waals surface area contributed by atoms with Crippen LogP contribution in [0.15, 0.2) is 30.5 Å². The fraction of sp³-hybridized carbons (Fsp3) is 0.474. The molecule has 2 aliphatic rings. The standard InChI is InChI=1S/C19H22ClN5O3/c1-23-15-6-7-16(23)9-14(8-15)21-19(26)13-4-2-12(3-5-13)10-24-11-17(20)18(22-24)25(27)28/h2-5,11,14-16H,6-10H2,1H3,(H,21,26)/t14?,15-,16+. The molecular formula is C19H22ClN5O3. The first kappa shape index (κ1) is 18.9. The maximum atomic E-state index is 12.6. The Kier molecular flexibility index (Phi) is 5.07. The number of carbonyl (C=O) groups excluding carboxylic acids is 1. The van der Waals surface area contributed by atoms with Gasteiger partial charge in [-0.15, -0.1) is 0 Å². The van der Waals surface area contributed by atoms with Gasteiger partial charge in [0.1, 0.15) is 0 Å². The molecule has 2 aromatic rings. The van der Waals surface area contributed by atoms with Gasteiger partial charge in [0.25, 0.3) is 5.91 Å². The Balaban J connectivity index is 1.37. The predicted molar refractivity (Wildman–Crippen MR) is 104 cm³/mol. The van der Waals surface area contributed by atoms with Crippen LogP contribution >= 0.6 is 11.6 Å². The largest absolute Gasteiger partial charge is 0.408 e. The van der Waals surface area contributed by atoms with Crippen LogP contribution in [0.4, 0.5) is 5.82 Å². The van der Waals surface area contributed by atoms with Gasteiger partial charge < -0.3 is 20.3 Å².